The van der Waals surface area contributed by atoms with Crippen molar-refractivity contribution in [2.24, 2.45) is 0 Å². The Hall–Kier alpha value is -3.71. The van der Waals surface area contributed by atoms with E-state index in [-0.39, 0.29) is 5.91 Å². The van der Waals surface area contributed by atoms with Crippen LogP contribution in [0.25, 0.3) is 0 Å². The van der Waals surface area contributed by atoms with Gasteiger partial charge in [0.15, 0.2) is 0 Å². The van der Waals surface area contributed by atoms with E-state index in [0.717, 1.165) is 60.9 Å². The van der Waals surface area contributed by atoms with Gasteiger partial charge in [-0.3, -0.25) is 4.79 Å². The number of amides is 1. The zero-order chi connectivity index (χ0) is 26.5. The zero-order valence-electron chi connectivity index (χ0n) is 22.7. The van der Waals surface area contributed by atoms with Gasteiger partial charge in [0.25, 0.3) is 0 Å². The SMILES string of the molecule is COc1cccc(CNc2ccc(CC(=O)N3CCc4c(OC)ccc(N5CCN(C)CC5)c4C3)cc2)c1. The summed E-state index contributed by atoms with van der Waals surface area (Å²) in [6.45, 7) is 6.16. The Bertz CT molecular complexity index is 1250. The number of fused-ring (bicyclic) bond motifs is 1. The standard InChI is InChI=1S/C31H38N4O3/c1-33-15-17-34(18-16-33)29-11-12-30(38-3)27-13-14-35(22-28(27)29)31(36)20-23-7-9-25(10-8-23)32-21-24-5-4-6-26(19-24)37-2/h4-12,19,32H,13-18,20-22H2,1-3H3. The molecule has 2 aliphatic heterocycles. The highest BCUT2D eigenvalue weighted by Gasteiger charge is 2.28. The van der Waals surface area contributed by atoms with Crippen molar-refractivity contribution in [2.45, 2.75) is 25.9 Å². The van der Waals surface area contributed by atoms with Gasteiger partial charge in [-0.15, -0.1) is 0 Å². The van der Waals surface area contributed by atoms with Crippen LogP contribution in [0.5, 0.6) is 11.5 Å². The Morgan fingerprint density at radius 3 is 2.39 bits per heavy atom. The number of carbonyl (C=O) groups is 1. The van der Waals surface area contributed by atoms with Crippen LogP contribution >= 0.6 is 0 Å². The monoisotopic (exact) mass is 514 g/mol. The van der Waals surface area contributed by atoms with Crippen molar-refractivity contribution in [3.8, 4) is 11.5 Å². The Kier molecular flexibility index (Phi) is 8.03. The summed E-state index contributed by atoms with van der Waals surface area (Å²) in [5, 5.41) is 3.45. The number of ether oxygens (including phenoxy) is 2. The van der Waals surface area contributed by atoms with Crippen molar-refractivity contribution in [3.05, 3.63) is 82.9 Å². The summed E-state index contributed by atoms with van der Waals surface area (Å²) in [6, 6.07) is 20.5. The molecule has 1 saturated heterocycles. The first-order chi connectivity index (χ1) is 18.5. The summed E-state index contributed by atoms with van der Waals surface area (Å²) >= 11 is 0. The van der Waals surface area contributed by atoms with E-state index in [1.807, 2.05) is 47.4 Å². The maximum absolute atomic E-state index is 13.4. The molecule has 7 nitrogen and oxygen atoms in total. The van der Waals surface area contributed by atoms with Gasteiger partial charge >= 0.3 is 0 Å². The molecule has 0 saturated carbocycles. The molecule has 0 atom stereocenters. The third-order valence-corrected chi connectivity index (χ3v) is 7.70. The van der Waals surface area contributed by atoms with Crippen LogP contribution in [-0.2, 0) is 30.7 Å². The van der Waals surface area contributed by atoms with Crippen molar-refractivity contribution >= 4 is 17.3 Å². The molecule has 200 valence electrons. The van der Waals surface area contributed by atoms with Crippen LogP contribution in [0.1, 0.15) is 22.3 Å². The van der Waals surface area contributed by atoms with Gasteiger partial charge in [-0.25, -0.2) is 0 Å². The largest absolute Gasteiger partial charge is 0.497 e. The van der Waals surface area contributed by atoms with Gasteiger partial charge in [0.1, 0.15) is 11.5 Å². The number of nitrogens with zero attached hydrogens (tertiary/aromatic N) is 3. The fraction of sp³-hybridized carbons (Fsp3) is 0.387. The highest BCUT2D eigenvalue weighted by Crippen LogP contribution is 2.36. The van der Waals surface area contributed by atoms with Gasteiger partial charge in [0, 0.05) is 68.3 Å². The number of nitrogens with one attached hydrogen (secondary N) is 1. The average molecular weight is 515 g/mol. The zero-order valence-corrected chi connectivity index (χ0v) is 22.7. The lowest BCUT2D eigenvalue weighted by Gasteiger charge is -2.38. The molecule has 5 rings (SSSR count). The Morgan fingerprint density at radius 2 is 1.66 bits per heavy atom. The molecule has 0 bridgehead atoms. The fourth-order valence-corrected chi connectivity index (χ4v) is 5.39. The van der Waals surface area contributed by atoms with Gasteiger partial charge in [0.2, 0.25) is 5.91 Å². The van der Waals surface area contributed by atoms with Crippen molar-refractivity contribution in [1.29, 1.82) is 0 Å². The maximum atomic E-state index is 13.4. The van der Waals surface area contributed by atoms with E-state index in [2.05, 4.69) is 40.4 Å². The summed E-state index contributed by atoms with van der Waals surface area (Å²) in [7, 11) is 5.58. The summed E-state index contributed by atoms with van der Waals surface area (Å²) < 4.78 is 11.0. The summed E-state index contributed by atoms with van der Waals surface area (Å²) in [5.41, 5.74) is 6.95. The predicted molar refractivity (Wildman–Crippen MR) is 152 cm³/mol. The van der Waals surface area contributed by atoms with Crippen molar-refractivity contribution in [3.63, 3.8) is 0 Å². The molecule has 0 unspecified atom stereocenters. The van der Waals surface area contributed by atoms with Gasteiger partial charge < -0.3 is 29.5 Å². The van der Waals surface area contributed by atoms with Crippen LogP contribution in [0.15, 0.2) is 60.7 Å². The van der Waals surface area contributed by atoms with Crippen LogP contribution in [-0.4, -0.2) is 69.7 Å². The predicted octanol–water partition coefficient (Wildman–Crippen LogP) is 4.20. The van der Waals surface area contributed by atoms with E-state index < -0.39 is 0 Å². The number of carbonyl (C=O) groups excluding carboxylic acids is 1. The molecule has 3 aromatic rings. The third kappa shape index (κ3) is 5.89. The summed E-state index contributed by atoms with van der Waals surface area (Å²) in [4.78, 5) is 20.2. The number of hydrogen-bond donors (Lipinski definition) is 1. The van der Waals surface area contributed by atoms with Crippen LogP contribution < -0.4 is 19.7 Å². The van der Waals surface area contributed by atoms with Gasteiger partial charge in [-0.1, -0.05) is 24.3 Å². The van der Waals surface area contributed by atoms with E-state index in [1.54, 1.807) is 14.2 Å². The lowest BCUT2D eigenvalue weighted by Crippen LogP contribution is -2.45. The van der Waals surface area contributed by atoms with Crippen LogP contribution in [0.4, 0.5) is 11.4 Å². The third-order valence-electron chi connectivity index (χ3n) is 7.70. The normalized spacial score (nSPS) is 15.7. The molecule has 2 heterocycles. The van der Waals surface area contributed by atoms with Crippen LogP contribution in [0.2, 0.25) is 0 Å². The molecule has 1 N–H and O–H groups in total. The second-order valence-electron chi connectivity index (χ2n) is 10.2. The molecule has 38 heavy (non-hydrogen) atoms. The highest BCUT2D eigenvalue weighted by molar-refractivity contribution is 5.80. The molecule has 0 aromatic heterocycles. The van der Waals surface area contributed by atoms with E-state index in [4.69, 9.17) is 9.47 Å². The molecule has 0 aliphatic carbocycles. The van der Waals surface area contributed by atoms with Crippen molar-refractivity contribution < 1.29 is 14.3 Å². The minimum absolute atomic E-state index is 0.167. The van der Waals surface area contributed by atoms with Gasteiger partial charge in [-0.05, 0) is 61.0 Å². The molecular formula is C31H38N4O3. The molecular weight excluding hydrogens is 476 g/mol. The fourth-order valence-electron chi connectivity index (χ4n) is 5.39. The molecule has 2 aliphatic rings. The topological polar surface area (TPSA) is 57.3 Å². The number of anilines is 2. The number of hydrogen-bond acceptors (Lipinski definition) is 6. The number of methoxy groups -OCH3 is 2. The second kappa shape index (κ2) is 11.8. The maximum Gasteiger partial charge on any atom is 0.227 e. The minimum Gasteiger partial charge on any atom is -0.497 e. The molecule has 0 radical (unpaired) electrons. The smallest absolute Gasteiger partial charge is 0.227 e. The van der Waals surface area contributed by atoms with Crippen LogP contribution in [0, 0.1) is 0 Å². The molecule has 1 amide bonds. The quantitative estimate of drug-likeness (QED) is 0.487. The number of piperazine rings is 1. The lowest BCUT2D eigenvalue weighted by atomic mass is 9.95. The first-order valence-electron chi connectivity index (χ1n) is 13.4. The molecule has 7 heteroatoms. The Labute approximate surface area is 225 Å². The van der Waals surface area contributed by atoms with Crippen molar-refractivity contribution in [2.75, 3.05) is 64.2 Å². The van der Waals surface area contributed by atoms with Crippen LogP contribution in [0.3, 0.4) is 0 Å². The molecule has 1 fully saturated rings. The highest BCUT2D eigenvalue weighted by atomic mass is 16.5. The van der Waals surface area contributed by atoms with Crippen molar-refractivity contribution in [1.82, 2.24) is 9.80 Å². The van der Waals surface area contributed by atoms with E-state index in [1.165, 1.54) is 16.8 Å². The molecule has 0 spiro atoms. The summed E-state index contributed by atoms with van der Waals surface area (Å²) in [6.07, 6.45) is 1.22. The first kappa shape index (κ1) is 25.9. The number of rotatable bonds is 8. The van der Waals surface area contributed by atoms with E-state index in [9.17, 15) is 4.79 Å². The minimum atomic E-state index is 0.167. The first-order valence-corrected chi connectivity index (χ1v) is 13.4. The lowest BCUT2D eigenvalue weighted by molar-refractivity contribution is -0.131. The van der Waals surface area contributed by atoms with Gasteiger partial charge in [-0.2, -0.15) is 0 Å². The molecule has 3 aromatic carbocycles. The number of benzene rings is 3. The second-order valence-corrected chi connectivity index (χ2v) is 10.2. The Balaban J connectivity index is 1.23. The Morgan fingerprint density at radius 1 is 0.868 bits per heavy atom. The van der Waals surface area contributed by atoms with E-state index >= 15 is 0 Å². The van der Waals surface area contributed by atoms with E-state index in [0.29, 0.717) is 26.1 Å². The number of likely N-dealkylation sites (N-methyl/N-ethyl adjacent to an activating group) is 1. The van der Waals surface area contributed by atoms with Gasteiger partial charge in [0.05, 0.1) is 20.6 Å². The average Bonchev–Trinajstić information content (AvgIpc) is 2.96. The summed E-state index contributed by atoms with van der Waals surface area (Å²) in [5.74, 6) is 1.95.